The number of ether oxygens (including phenoxy) is 1. The molecule has 2 N–H and O–H groups in total. The van der Waals surface area contributed by atoms with Gasteiger partial charge in [0.15, 0.2) is 11.9 Å². The highest BCUT2D eigenvalue weighted by Gasteiger charge is 2.38. The highest BCUT2D eigenvalue weighted by atomic mass is 16.5. The Hall–Kier alpha value is -2.41. The fourth-order valence-electron chi connectivity index (χ4n) is 3.52. The summed E-state index contributed by atoms with van der Waals surface area (Å²) in [4.78, 5) is 37.0. The maximum atomic E-state index is 12.4. The number of carbonyl (C=O) groups excluding carboxylic acids is 2. The van der Waals surface area contributed by atoms with Crippen LogP contribution in [0, 0.1) is 5.92 Å². The molecule has 2 saturated carbocycles. The standard InChI is InChI=1S/C21H28N2O5/c1-13(24)16-4-3-5-19(8-16)28-14(2)21(27)22-17-9-18(10-17)23(12-20(25)26)11-15-6-7-15/h3-5,8,14-15,17-18H,6-7,9-12H2,1-2H3,(H,22,27)(H,25,26). The molecule has 152 valence electrons. The van der Waals surface area contributed by atoms with E-state index in [-0.39, 0.29) is 30.3 Å². The lowest BCUT2D eigenvalue weighted by atomic mass is 9.85. The van der Waals surface area contributed by atoms with Gasteiger partial charge in [0.2, 0.25) is 0 Å². The van der Waals surface area contributed by atoms with Gasteiger partial charge in [-0.3, -0.25) is 19.3 Å². The molecule has 0 radical (unpaired) electrons. The minimum Gasteiger partial charge on any atom is -0.481 e. The number of hydrogen-bond donors (Lipinski definition) is 2. The highest BCUT2D eigenvalue weighted by Crippen LogP contribution is 2.33. The van der Waals surface area contributed by atoms with Crippen molar-refractivity contribution in [3.8, 4) is 5.75 Å². The second kappa shape index (κ2) is 8.73. The van der Waals surface area contributed by atoms with Crippen molar-refractivity contribution in [2.45, 2.75) is 57.7 Å². The van der Waals surface area contributed by atoms with E-state index in [0.717, 1.165) is 19.4 Å². The lowest BCUT2D eigenvalue weighted by molar-refractivity contribution is -0.140. The minimum absolute atomic E-state index is 0.0441. The zero-order chi connectivity index (χ0) is 20.3. The lowest BCUT2D eigenvalue weighted by Gasteiger charge is -2.43. The lowest BCUT2D eigenvalue weighted by Crippen LogP contribution is -2.56. The Morgan fingerprint density at radius 1 is 1.29 bits per heavy atom. The topological polar surface area (TPSA) is 95.9 Å². The van der Waals surface area contributed by atoms with Crippen molar-refractivity contribution >= 4 is 17.7 Å². The van der Waals surface area contributed by atoms with Gasteiger partial charge in [0.25, 0.3) is 5.91 Å². The van der Waals surface area contributed by atoms with E-state index in [2.05, 4.69) is 5.32 Å². The molecule has 1 aromatic rings. The maximum absolute atomic E-state index is 12.4. The maximum Gasteiger partial charge on any atom is 0.317 e. The second-order valence-corrected chi connectivity index (χ2v) is 7.94. The quantitative estimate of drug-likeness (QED) is 0.596. The summed E-state index contributed by atoms with van der Waals surface area (Å²) >= 11 is 0. The summed E-state index contributed by atoms with van der Waals surface area (Å²) in [5, 5.41) is 12.1. The first-order valence-corrected chi connectivity index (χ1v) is 9.85. The predicted molar refractivity (Wildman–Crippen MR) is 103 cm³/mol. The molecule has 0 heterocycles. The van der Waals surface area contributed by atoms with Gasteiger partial charge in [-0.25, -0.2) is 0 Å². The Morgan fingerprint density at radius 2 is 2.00 bits per heavy atom. The number of carbonyl (C=O) groups is 3. The number of benzene rings is 1. The first-order valence-electron chi connectivity index (χ1n) is 9.85. The summed E-state index contributed by atoms with van der Waals surface area (Å²) in [7, 11) is 0. The van der Waals surface area contributed by atoms with Crippen molar-refractivity contribution < 1.29 is 24.2 Å². The number of amides is 1. The number of rotatable bonds is 10. The smallest absolute Gasteiger partial charge is 0.317 e. The first kappa shape index (κ1) is 20.3. The molecule has 1 aromatic carbocycles. The van der Waals surface area contributed by atoms with Gasteiger partial charge >= 0.3 is 5.97 Å². The average molecular weight is 388 g/mol. The number of Topliss-reactive ketones (excluding diaryl/α,β-unsaturated/α-hetero) is 1. The van der Waals surface area contributed by atoms with Gasteiger partial charge in [-0.15, -0.1) is 0 Å². The van der Waals surface area contributed by atoms with Crippen LogP contribution in [0.2, 0.25) is 0 Å². The van der Waals surface area contributed by atoms with Crippen LogP contribution in [0.3, 0.4) is 0 Å². The van der Waals surface area contributed by atoms with Crippen LogP contribution in [0.15, 0.2) is 24.3 Å². The van der Waals surface area contributed by atoms with Gasteiger partial charge in [-0.05, 0) is 57.6 Å². The summed E-state index contributed by atoms with van der Waals surface area (Å²) in [5.74, 6) is 0.0536. The summed E-state index contributed by atoms with van der Waals surface area (Å²) < 4.78 is 5.67. The van der Waals surface area contributed by atoms with E-state index in [4.69, 9.17) is 9.84 Å². The van der Waals surface area contributed by atoms with E-state index in [1.807, 2.05) is 4.90 Å². The Bertz CT molecular complexity index is 740. The van der Waals surface area contributed by atoms with Crippen LogP contribution in [-0.4, -0.2) is 58.9 Å². The highest BCUT2D eigenvalue weighted by molar-refractivity contribution is 5.94. The number of nitrogens with zero attached hydrogens (tertiary/aromatic N) is 1. The van der Waals surface area contributed by atoms with Crippen LogP contribution in [-0.2, 0) is 9.59 Å². The number of carboxylic acid groups (broad SMARTS) is 1. The number of nitrogens with one attached hydrogen (secondary N) is 1. The molecule has 1 atom stereocenters. The molecule has 2 aliphatic carbocycles. The molecule has 0 bridgehead atoms. The van der Waals surface area contributed by atoms with E-state index in [1.54, 1.807) is 31.2 Å². The molecule has 7 heteroatoms. The van der Waals surface area contributed by atoms with E-state index in [9.17, 15) is 14.4 Å². The molecule has 3 rings (SSSR count). The molecule has 0 aliphatic heterocycles. The van der Waals surface area contributed by atoms with Gasteiger partial charge in [-0.2, -0.15) is 0 Å². The monoisotopic (exact) mass is 388 g/mol. The van der Waals surface area contributed by atoms with Gasteiger partial charge in [0.1, 0.15) is 5.75 Å². The number of hydrogen-bond acceptors (Lipinski definition) is 5. The van der Waals surface area contributed by atoms with Crippen LogP contribution in [0.25, 0.3) is 0 Å². The molecule has 28 heavy (non-hydrogen) atoms. The fourth-order valence-corrected chi connectivity index (χ4v) is 3.52. The van der Waals surface area contributed by atoms with Crippen LogP contribution < -0.4 is 10.1 Å². The van der Waals surface area contributed by atoms with Gasteiger partial charge < -0.3 is 15.2 Å². The van der Waals surface area contributed by atoms with Gasteiger partial charge in [0.05, 0.1) is 6.54 Å². The van der Waals surface area contributed by atoms with Crippen molar-refractivity contribution in [3.63, 3.8) is 0 Å². The zero-order valence-electron chi connectivity index (χ0n) is 16.4. The third-order valence-electron chi connectivity index (χ3n) is 5.43. The summed E-state index contributed by atoms with van der Waals surface area (Å²) in [6.07, 6.45) is 3.21. The molecule has 1 amide bonds. The summed E-state index contributed by atoms with van der Waals surface area (Å²) in [6.45, 7) is 4.06. The van der Waals surface area contributed by atoms with E-state index >= 15 is 0 Å². The first-order chi connectivity index (χ1) is 13.3. The Balaban J connectivity index is 1.45. The normalized spacial score (nSPS) is 22.2. The van der Waals surface area contributed by atoms with Gasteiger partial charge in [0, 0.05) is 24.2 Å². The number of ketones is 1. The third kappa shape index (κ3) is 5.55. The molecular weight excluding hydrogens is 360 g/mol. The van der Waals surface area contributed by atoms with Crippen LogP contribution in [0.5, 0.6) is 5.75 Å². The molecule has 1 unspecified atom stereocenters. The minimum atomic E-state index is -0.803. The van der Waals surface area contributed by atoms with Crippen LogP contribution in [0.4, 0.5) is 0 Å². The van der Waals surface area contributed by atoms with Crippen molar-refractivity contribution in [2.75, 3.05) is 13.1 Å². The number of aliphatic carboxylic acids is 1. The van der Waals surface area contributed by atoms with Crippen molar-refractivity contribution in [2.24, 2.45) is 5.92 Å². The van der Waals surface area contributed by atoms with Crippen LogP contribution in [0.1, 0.15) is 49.9 Å². The number of carboxylic acids is 1. The SMILES string of the molecule is CC(=O)c1cccc(OC(C)C(=O)NC2CC(N(CC(=O)O)CC3CC3)C2)c1. The Labute approximate surface area is 165 Å². The summed E-state index contributed by atoms with van der Waals surface area (Å²) in [6, 6.07) is 7.04. The van der Waals surface area contributed by atoms with Gasteiger partial charge in [-0.1, -0.05) is 12.1 Å². The average Bonchev–Trinajstić information content (AvgIpc) is 3.40. The Kier molecular flexibility index (Phi) is 6.34. The van der Waals surface area contributed by atoms with E-state index in [1.165, 1.54) is 19.8 Å². The molecule has 0 aromatic heterocycles. The second-order valence-electron chi connectivity index (χ2n) is 7.94. The van der Waals surface area contributed by atoms with Crippen molar-refractivity contribution in [1.29, 1.82) is 0 Å². The van der Waals surface area contributed by atoms with Crippen LogP contribution >= 0.6 is 0 Å². The van der Waals surface area contributed by atoms with E-state index in [0.29, 0.717) is 17.2 Å². The zero-order valence-corrected chi connectivity index (χ0v) is 16.4. The Morgan fingerprint density at radius 3 is 2.61 bits per heavy atom. The fraction of sp³-hybridized carbons (Fsp3) is 0.571. The van der Waals surface area contributed by atoms with E-state index < -0.39 is 12.1 Å². The predicted octanol–water partition coefficient (Wildman–Crippen LogP) is 2.10. The molecule has 2 aliphatic rings. The molecule has 0 saturated heterocycles. The largest absolute Gasteiger partial charge is 0.481 e. The molecule has 0 spiro atoms. The van der Waals surface area contributed by atoms with Crippen molar-refractivity contribution in [3.05, 3.63) is 29.8 Å². The van der Waals surface area contributed by atoms with Crippen molar-refractivity contribution in [1.82, 2.24) is 10.2 Å². The summed E-state index contributed by atoms with van der Waals surface area (Å²) in [5.41, 5.74) is 0.543. The molecular formula is C21H28N2O5. The molecule has 2 fully saturated rings. The molecule has 7 nitrogen and oxygen atoms in total. The third-order valence-corrected chi connectivity index (χ3v) is 5.43.